The average molecular weight is 455 g/mol. The van der Waals surface area contributed by atoms with E-state index in [1.165, 1.54) is 18.0 Å². The molecular formula is C21H21N5O5S. The lowest BCUT2D eigenvalue weighted by Crippen LogP contribution is -2.57. The van der Waals surface area contributed by atoms with Crippen LogP contribution in [-0.4, -0.2) is 57.6 Å². The van der Waals surface area contributed by atoms with Crippen molar-refractivity contribution in [3.63, 3.8) is 0 Å². The first kappa shape index (κ1) is 21.8. The van der Waals surface area contributed by atoms with Gasteiger partial charge in [0.15, 0.2) is 0 Å². The van der Waals surface area contributed by atoms with Gasteiger partial charge < -0.3 is 20.6 Å². The van der Waals surface area contributed by atoms with Crippen LogP contribution in [0.3, 0.4) is 0 Å². The number of thiocarbonyl (C=S) groups is 1. The molecule has 2 aromatic rings. The van der Waals surface area contributed by atoms with Gasteiger partial charge in [0.1, 0.15) is 5.54 Å². The smallest absolute Gasteiger partial charge is 0.407 e. The zero-order chi connectivity index (χ0) is 22.9. The molecule has 2 aliphatic rings. The fourth-order valence-corrected chi connectivity index (χ4v) is 4.60. The Labute approximate surface area is 188 Å². The fraction of sp³-hybridized carbons (Fsp3) is 0.286. The number of aromatic nitrogens is 1. The van der Waals surface area contributed by atoms with E-state index >= 15 is 0 Å². The molecule has 0 spiro atoms. The molecule has 1 aromatic heterocycles. The van der Waals surface area contributed by atoms with Crippen LogP contribution in [-0.2, 0) is 15.2 Å². The molecule has 2 saturated heterocycles. The van der Waals surface area contributed by atoms with Crippen LogP contribution in [0.1, 0.15) is 23.0 Å². The highest BCUT2D eigenvalue weighted by Crippen LogP contribution is 2.50. The highest BCUT2D eigenvalue weighted by atomic mass is 32.1. The number of rotatable bonds is 4. The predicted octanol–water partition coefficient (Wildman–Crippen LogP) is 1.51. The minimum atomic E-state index is -1.17. The largest absolute Gasteiger partial charge is 0.465 e. The fourth-order valence-electron chi connectivity index (χ4n) is 4.21. The predicted molar refractivity (Wildman–Crippen MR) is 118 cm³/mol. The molecule has 4 rings (SSSR count). The molecule has 11 heteroatoms. The van der Waals surface area contributed by atoms with Crippen molar-refractivity contribution in [1.29, 1.82) is 0 Å². The van der Waals surface area contributed by atoms with Gasteiger partial charge in [0.2, 0.25) is 5.91 Å². The molecule has 2 unspecified atom stereocenters. The third-order valence-corrected chi connectivity index (χ3v) is 6.25. The lowest BCUT2D eigenvalue weighted by Gasteiger charge is -2.36. The first-order chi connectivity index (χ1) is 15.3. The van der Waals surface area contributed by atoms with Crippen LogP contribution in [0.4, 0.5) is 10.5 Å². The van der Waals surface area contributed by atoms with Gasteiger partial charge in [-0.3, -0.25) is 19.4 Å². The minimum Gasteiger partial charge on any atom is -0.465 e. The molecule has 0 bridgehead atoms. The van der Waals surface area contributed by atoms with Crippen LogP contribution < -0.4 is 16.1 Å². The van der Waals surface area contributed by atoms with Crippen molar-refractivity contribution >= 4 is 40.8 Å². The number of likely N-dealkylation sites (tertiary alicyclic amines) is 1. The van der Waals surface area contributed by atoms with Crippen molar-refractivity contribution in [3.8, 4) is 0 Å². The summed E-state index contributed by atoms with van der Waals surface area (Å²) in [4.78, 5) is 47.6. The van der Waals surface area contributed by atoms with Crippen LogP contribution in [0.2, 0.25) is 0 Å². The van der Waals surface area contributed by atoms with Crippen molar-refractivity contribution in [1.82, 2.24) is 20.7 Å². The Morgan fingerprint density at radius 3 is 2.66 bits per heavy atom. The third kappa shape index (κ3) is 3.60. The number of carboxylic acid groups (broad SMARTS) is 1. The summed E-state index contributed by atoms with van der Waals surface area (Å²) in [5.41, 5.74) is 2.00. The number of pyridine rings is 1. The Morgan fingerprint density at radius 2 is 1.97 bits per heavy atom. The molecule has 2 atom stereocenters. The summed E-state index contributed by atoms with van der Waals surface area (Å²) in [5.74, 6) is -0.662. The van der Waals surface area contributed by atoms with Crippen LogP contribution in [0, 0.1) is 5.41 Å². The van der Waals surface area contributed by atoms with Gasteiger partial charge in [-0.2, -0.15) is 5.48 Å². The molecule has 3 heterocycles. The maximum absolute atomic E-state index is 12.8. The Morgan fingerprint density at radius 1 is 1.22 bits per heavy atom. The number of nitrogens with one attached hydrogen (secondary N) is 3. The van der Waals surface area contributed by atoms with E-state index < -0.39 is 23.0 Å². The van der Waals surface area contributed by atoms with Crippen LogP contribution in [0.5, 0.6) is 0 Å². The minimum absolute atomic E-state index is 0.00468. The van der Waals surface area contributed by atoms with E-state index in [4.69, 9.17) is 17.1 Å². The van der Waals surface area contributed by atoms with E-state index in [0.29, 0.717) is 16.9 Å². The summed E-state index contributed by atoms with van der Waals surface area (Å²) in [5, 5.41) is 15.2. The molecule has 2 fully saturated rings. The second-order valence-corrected chi connectivity index (χ2v) is 8.19. The molecule has 3 amide bonds. The molecule has 4 N–H and O–H groups in total. The van der Waals surface area contributed by atoms with E-state index in [1.807, 2.05) is 0 Å². The van der Waals surface area contributed by atoms with E-state index in [9.17, 15) is 19.5 Å². The van der Waals surface area contributed by atoms with Gasteiger partial charge in [-0.05, 0) is 24.3 Å². The molecule has 1 aromatic carbocycles. The topological polar surface area (TPSA) is 133 Å². The number of amides is 3. The number of hydrogen-bond donors (Lipinski definition) is 4. The molecule has 0 saturated carbocycles. The van der Waals surface area contributed by atoms with Crippen molar-refractivity contribution in [2.75, 3.05) is 25.0 Å². The molecule has 0 aliphatic carbocycles. The van der Waals surface area contributed by atoms with Gasteiger partial charge in [-0.15, -0.1) is 0 Å². The zero-order valence-corrected chi connectivity index (χ0v) is 17.9. The third-order valence-electron chi connectivity index (χ3n) is 5.76. The number of carbonyl (C=O) groups excluding carboxylic acids is 2. The summed E-state index contributed by atoms with van der Waals surface area (Å²) in [6.07, 6.45) is 0.380. The summed E-state index contributed by atoms with van der Waals surface area (Å²) >= 11 is 5.66. The molecule has 10 nitrogen and oxygen atoms in total. The lowest BCUT2D eigenvalue weighted by molar-refractivity contribution is -0.114. The van der Waals surface area contributed by atoms with Crippen LogP contribution in [0.15, 0.2) is 48.7 Å². The number of hydroxylamine groups is 1. The monoisotopic (exact) mass is 455 g/mol. The number of hydrogen-bond acceptors (Lipinski definition) is 7. The number of benzene rings is 1. The number of nitrogens with zero attached hydrogens (tertiary/aromatic N) is 2. The van der Waals surface area contributed by atoms with Crippen molar-refractivity contribution in [3.05, 3.63) is 59.9 Å². The summed E-state index contributed by atoms with van der Waals surface area (Å²) in [6, 6.07) is 11.8. The maximum Gasteiger partial charge on any atom is 0.407 e. The number of fused-ring (bicyclic) bond motifs is 1. The SMILES string of the molecule is CC(=O)Nc1ccnc(C23CN(C(=O)O)CC2(C(=S)NC(=O)c2ccccc2)CON3)c1. The lowest BCUT2D eigenvalue weighted by atomic mass is 9.71. The van der Waals surface area contributed by atoms with Crippen LogP contribution in [0.25, 0.3) is 0 Å². The normalized spacial score (nSPS) is 24.0. The average Bonchev–Trinajstić information content (AvgIpc) is 3.29. The molecule has 32 heavy (non-hydrogen) atoms. The van der Waals surface area contributed by atoms with Gasteiger partial charge in [0, 0.05) is 30.9 Å². The van der Waals surface area contributed by atoms with Gasteiger partial charge in [-0.25, -0.2) is 4.79 Å². The van der Waals surface area contributed by atoms with Crippen molar-refractivity contribution in [2.45, 2.75) is 12.5 Å². The highest BCUT2D eigenvalue weighted by Gasteiger charge is 2.67. The molecular weight excluding hydrogens is 434 g/mol. The van der Waals surface area contributed by atoms with Crippen LogP contribution >= 0.6 is 12.2 Å². The Kier molecular flexibility index (Phi) is 5.63. The van der Waals surface area contributed by atoms with Gasteiger partial charge in [0.25, 0.3) is 5.91 Å². The Balaban J connectivity index is 1.74. The molecule has 166 valence electrons. The summed E-state index contributed by atoms with van der Waals surface area (Å²) in [7, 11) is 0. The highest BCUT2D eigenvalue weighted by molar-refractivity contribution is 7.80. The second-order valence-electron chi connectivity index (χ2n) is 7.78. The Hall–Kier alpha value is -3.41. The quantitative estimate of drug-likeness (QED) is 0.510. The first-order valence-electron chi connectivity index (χ1n) is 9.79. The summed E-state index contributed by atoms with van der Waals surface area (Å²) < 4.78 is 0. The first-order valence-corrected chi connectivity index (χ1v) is 10.2. The van der Waals surface area contributed by atoms with E-state index in [-0.39, 0.29) is 30.6 Å². The summed E-state index contributed by atoms with van der Waals surface area (Å²) in [6.45, 7) is 1.39. The van der Waals surface area contributed by atoms with Gasteiger partial charge in [-0.1, -0.05) is 30.4 Å². The number of anilines is 1. The maximum atomic E-state index is 12.8. The van der Waals surface area contributed by atoms with E-state index in [1.54, 1.807) is 42.5 Å². The van der Waals surface area contributed by atoms with Gasteiger partial charge >= 0.3 is 6.09 Å². The zero-order valence-electron chi connectivity index (χ0n) is 17.1. The van der Waals surface area contributed by atoms with E-state index in [0.717, 1.165) is 0 Å². The number of carbonyl (C=O) groups is 3. The van der Waals surface area contributed by atoms with Gasteiger partial charge in [0.05, 0.1) is 29.2 Å². The Bertz CT molecular complexity index is 1100. The molecule has 0 radical (unpaired) electrons. The van der Waals surface area contributed by atoms with Crippen molar-refractivity contribution < 1.29 is 24.3 Å². The standard InChI is InChI=1S/C21H21N5O5S/c1-13(27)23-15-7-8-22-16(9-15)21-11-26(19(29)30)10-20(21,12-31-25-21)18(32)24-17(28)14-5-3-2-4-6-14/h2-9,25H,10-12H2,1H3,(H,29,30)(H,22,23,27)(H,24,28,32). The second kappa shape index (κ2) is 8.26. The van der Waals surface area contributed by atoms with Crippen molar-refractivity contribution in [2.24, 2.45) is 5.41 Å². The van der Waals surface area contributed by atoms with E-state index in [2.05, 4.69) is 21.1 Å². The molecule has 2 aliphatic heterocycles.